The van der Waals surface area contributed by atoms with Gasteiger partial charge in [0.2, 0.25) is 0 Å². The molecule has 4 aliphatic carbocycles. The van der Waals surface area contributed by atoms with Crippen molar-refractivity contribution >= 4 is 11.5 Å². The quantitative estimate of drug-likeness (QED) is 0.441. The highest BCUT2D eigenvalue weighted by atomic mass is 19.1. The van der Waals surface area contributed by atoms with E-state index < -0.39 is 28.6 Å². The van der Waals surface area contributed by atoms with Gasteiger partial charge in [0.15, 0.2) is 5.78 Å². The van der Waals surface area contributed by atoms with E-state index in [1.165, 1.54) is 12.1 Å². The minimum absolute atomic E-state index is 0.0798. The number of allylic oxidation sites excluding steroid dienone is 4. The van der Waals surface area contributed by atoms with Crippen LogP contribution in [0.2, 0.25) is 0 Å². The number of hydrogen-bond donors (Lipinski definition) is 1. The largest absolute Gasteiger partial charge is 0.377 e. The second-order valence-corrected chi connectivity index (χ2v) is 12.2. The Morgan fingerprint density at radius 3 is 2.44 bits per heavy atom. The number of rotatable bonds is 2. The van der Waals surface area contributed by atoms with Crippen molar-refractivity contribution in [3.63, 3.8) is 0 Å². The molecule has 3 nitrogen and oxygen atoms in total. The van der Waals surface area contributed by atoms with Crippen LogP contribution in [-0.4, -0.2) is 30.6 Å². The van der Waals surface area contributed by atoms with Crippen molar-refractivity contribution in [2.45, 2.75) is 63.4 Å². The number of aliphatic hydroxyl groups is 1. The monoisotopic (exact) mass is 527 g/mol. The molecule has 2 saturated carbocycles. The van der Waals surface area contributed by atoms with E-state index in [4.69, 9.17) is 0 Å². The van der Waals surface area contributed by atoms with Crippen LogP contribution in [0.15, 0.2) is 65.3 Å². The molecule has 0 spiro atoms. The number of fused-ring (bicyclic) bond motifs is 4. The van der Waals surface area contributed by atoms with Gasteiger partial charge in [-0.2, -0.15) is 0 Å². The van der Waals surface area contributed by atoms with Crippen LogP contribution in [0.5, 0.6) is 0 Å². The topological polar surface area (TPSA) is 40.5 Å². The van der Waals surface area contributed by atoms with E-state index in [0.29, 0.717) is 31.4 Å². The average Bonchev–Trinajstić information content (AvgIpc) is 3.17. The number of hydrogen-bond acceptors (Lipinski definition) is 3. The van der Waals surface area contributed by atoms with E-state index in [1.807, 2.05) is 30.3 Å². The van der Waals surface area contributed by atoms with Gasteiger partial charge < -0.3 is 10.0 Å². The first-order valence-electron chi connectivity index (χ1n) is 14.0. The van der Waals surface area contributed by atoms with Crippen LogP contribution in [0, 0.1) is 40.7 Å². The SMILES string of the molecule is CN(C)c1cc(F)c([C@H]2C[C@@]3(C)[C@@H](CC[C@@]3(O)C#Cc3ccccc3)[C@@H]3CCC4=CC(=O)CCC4=C32)c(F)c1. The molecule has 0 bridgehead atoms. The average molecular weight is 528 g/mol. The number of halogens is 2. The van der Waals surface area contributed by atoms with Crippen LogP contribution in [0.25, 0.3) is 0 Å². The molecule has 6 rings (SSSR count). The third kappa shape index (κ3) is 4.16. The van der Waals surface area contributed by atoms with E-state index in [-0.39, 0.29) is 23.2 Å². The molecular formula is C34H35F2NO2. The summed E-state index contributed by atoms with van der Waals surface area (Å²) in [5.74, 6) is 5.16. The molecule has 0 aliphatic heterocycles. The molecule has 4 aliphatic rings. The minimum Gasteiger partial charge on any atom is -0.377 e. The lowest BCUT2D eigenvalue weighted by molar-refractivity contribution is -0.114. The number of carbonyl (C=O) groups is 1. The first-order valence-corrected chi connectivity index (χ1v) is 14.0. The number of nitrogens with zero attached hydrogens (tertiary/aromatic N) is 1. The van der Waals surface area contributed by atoms with Crippen LogP contribution >= 0.6 is 0 Å². The van der Waals surface area contributed by atoms with Crippen molar-refractivity contribution in [2.24, 2.45) is 17.3 Å². The van der Waals surface area contributed by atoms with E-state index in [2.05, 4.69) is 18.8 Å². The summed E-state index contributed by atoms with van der Waals surface area (Å²) in [6, 6.07) is 12.4. The molecule has 202 valence electrons. The molecule has 5 heteroatoms. The lowest BCUT2D eigenvalue weighted by Crippen LogP contribution is -2.51. The molecule has 2 aromatic carbocycles. The summed E-state index contributed by atoms with van der Waals surface area (Å²) < 4.78 is 31.8. The smallest absolute Gasteiger partial charge is 0.156 e. The van der Waals surface area contributed by atoms with Gasteiger partial charge in [0.1, 0.15) is 17.2 Å². The van der Waals surface area contributed by atoms with Crippen LogP contribution in [0.4, 0.5) is 14.5 Å². The van der Waals surface area contributed by atoms with Gasteiger partial charge >= 0.3 is 0 Å². The highest BCUT2D eigenvalue weighted by Gasteiger charge is 2.63. The summed E-state index contributed by atoms with van der Waals surface area (Å²) in [7, 11) is 3.53. The summed E-state index contributed by atoms with van der Waals surface area (Å²) >= 11 is 0. The minimum atomic E-state index is -1.27. The van der Waals surface area contributed by atoms with Gasteiger partial charge in [-0.25, -0.2) is 8.78 Å². The summed E-state index contributed by atoms with van der Waals surface area (Å²) in [6.45, 7) is 2.08. The highest BCUT2D eigenvalue weighted by Crippen LogP contribution is 2.67. The maximum absolute atomic E-state index is 15.9. The van der Waals surface area contributed by atoms with Crippen molar-refractivity contribution in [1.82, 2.24) is 0 Å². The third-order valence-electron chi connectivity index (χ3n) is 10.0. The fourth-order valence-corrected chi connectivity index (χ4v) is 7.99. The molecule has 1 N–H and O–H groups in total. The zero-order valence-electron chi connectivity index (χ0n) is 22.9. The fourth-order valence-electron chi connectivity index (χ4n) is 7.99. The molecule has 0 radical (unpaired) electrons. The Labute approximate surface area is 229 Å². The molecule has 0 heterocycles. The van der Waals surface area contributed by atoms with E-state index in [9.17, 15) is 9.90 Å². The second-order valence-electron chi connectivity index (χ2n) is 12.2. The summed E-state index contributed by atoms with van der Waals surface area (Å²) in [4.78, 5) is 14.0. The lowest BCUT2D eigenvalue weighted by Gasteiger charge is -2.53. The standard InChI is InChI=1S/C34H35F2NO2/c1-33-20-27(32-29(35)18-23(37(2)3)19-30(32)36)31-25-12-10-24(38)17-22(25)9-11-26(31)28(33)14-16-34(33,39)15-13-21-7-5-4-6-8-21/h4-8,17-19,26-28,39H,9-12,14,16,20H2,1-3H3/t26-,27-,28-,33-,34-/m0/s1. The Bertz CT molecular complexity index is 1440. The van der Waals surface area contributed by atoms with Gasteiger partial charge in [-0.1, -0.05) is 42.5 Å². The maximum Gasteiger partial charge on any atom is 0.156 e. The summed E-state index contributed by atoms with van der Waals surface area (Å²) in [5, 5.41) is 12.1. The molecule has 2 aromatic rings. The Morgan fingerprint density at radius 2 is 1.74 bits per heavy atom. The predicted molar refractivity (Wildman–Crippen MR) is 149 cm³/mol. The predicted octanol–water partition coefficient (Wildman–Crippen LogP) is 6.71. The number of ketones is 1. The van der Waals surface area contributed by atoms with Crippen LogP contribution in [0.3, 0.4) is 0 Å². The molecule has 0 unspecified atom stereocenters. The van der Waals surface area contributed by atoms with E-state index in [0.717, 1.165) is 41.5 Å². The van der Waals surface area contributed by atoms with Gasteiger partial charge in [-0.3, -0.25) is 4.79 Å². The molecule has 0 amide bonds. The van der Waals surface area contributed by atoms with Crippen molar-refractivity contribution < 1.29 is 18.7 Å². The summed E-state index contributed by atoms with van der Waals surface area (Å²) in [6.07, 6.45) is 6.16. The van der Waals surface area contributed by atoms with E-state index >= 15 is 8.78 Å². The zero-order valence-corrected chi connectivity index (χ0v) is 22.9. The van der Waals surface area contributed by atoms with Crippen molar-refractivity contribution in [3.05, 3.63) is 88.0 Å². The van der Waals surface area contributed by atoms with Gasteiger partial charge in [0, 0.05) is 48.7 Å². The van der Waals surface area contributed by atoms with E-state index in [1.54, 1.807) is 25.1 Å². The Kier molecular flexibility index (Phi) is 6.31. The molecule has 0 aromatic heterocycles. The van der Waals surface area contributed by atoms with Crippen molar-refractivity contribution in [1.29, 1.82) is 0 Å². The lowest BCUT2D eigenvalue weighted by atomic mass is 9.51. The highest BCUT2D eigenvalue weighted by molar-refractivity contribution is 5.93. The second kappa shape index (κ2) is 9.45. The fraction of sp³-hybridized carbons (Fsp3) is 0.441. The van der Waals surface area contributed by atoms with Gasteiger partial charge in [0.25, 0.3) is 0 Å². The maximum atomic E-state index is 15.9. The van der Waals surface area contributed by atoms with Crippen LogP contribution < -0.4 is 4.90 Å². The normalized spacial score (nSPS) is 31.5. The molecular weight excluding hydrogens is 492 g/mol. The molecule has 2 fully saturated rings. The van der Waals surface area contributed by atoms with Gasteiger partial charge in [-0.15, -0.1) is 0 Å². The van der Waals surface area contributed by atoms with Crippen LogP contribution in [-0.2, 0) is 4.79 Å². The number of carbonyl (C=O) groups excluding carboxylic acids is 1. The van der Waals surface area contributed by atoms with Gasteiger partial charge in [-0.05, 0) is 91.8 Å². The Balaban J connectivity index is 1.52. The Morgan fingerprint density at radius 1 is 1.03 bits per heavy atom. The molecule has 39 heavy (non-hydrogen) atoms. The number of benzene rings is 2. The third-order valence-corrected chi connectivity index (χ3v) is 10.0. The molecule has 5 atom stereocenters. The van der Waals surface area contributed by atoms with Gasteiger partial charge in [0.05, 0.1) is 0 Å². The zero-order chi connectivity index (χ0) is 27.5. The van der Waals surface area contributed by atoms with Crippen molar-refractivity contribution in [3.8, 4) is 11.8 Å². The first-order chi connectivity index (χ1) is 18.6. The molecule has 0 saturated heterocycles. The first kappa shape index (κ1) is 26.0. The summed E-state index contributed by atoms with van der Waals surface area (Å²) in [5.41, 5.74) is 2.74. The van der Waals surface area contributed by atoms with Crippen molar-refractivity contribution in [2.75, 3.05) is 19.0 Å². The van der Waals surface area contributed by atoms with Crippen LogP contribution in [0.1, 0.15) is 68.9 Å². The number of anilines is 1. The Hall–Kier alpha value is -3.23.